The van der Waals surface area contributed by atoms with Gasteiger partial charge in [-0.1, -0.05) is 0 Å². The molecule has 0 spiro atoms. The van der Waals surface area contributed by atoms with Crippen molar-refractivity contribution in [3.63, 3.8) is 0 Å². The number of hydrogen-bond donors (Lipinski definition) is 2. The first kappa shape index (κ1) is 11.8. The van der Waals surface area contributed by atoms with Crippen molar-refractivity contribution in [2.45, 2.75) is 26.4 Å². The Morgan fingerprint density at radius 1 is 1.42 bits per heavy atom. The standard InChI is InChI=1S/C14H17N5/c1-10(2)19-9-12(8-18-19)16-6-11-7-17-14-13(11)4-3-5-15-14/h3-5,7-10,16H,6H2,1-2H3,(H,15,17). The van der Waals surface area contributed by atoms with Gasteiger partial charge in [0.05, 0.1) is 11.9 Å². The molecule has 3 aromatic heterocycles. The summed E-state index contributed by atoms with van der Waals surface area (Å²) in [7, 11) is 0. The van der Waals surface area contributed by atoms with Gasteiger partial charge >= 0.3 is 0 Å². The molecule has 0 atom stereocenters. The third-order valence-corrected chi connectivity index (χ3v) is 3.15. The number of nitrogens with zero attached hydrogens (tertiary/aromatic N) is 3. The Morgan fingerprint density at radius 2 is 2.32 bits per heavy atom. The number of rotatable bonds is 4. The highest BCUT2D eigenvalue weighted by Crippen LogP contribution is 2.17. The molecule has 5 heteroatoms. The monoisotopic (exact) mass is 255 g/mol. The number of anilines is 1. The number of H-pyrrole nitrogens is 1. The maximum atomic E-state index is 4.31. The minimum atomic E-state index is 0.382. The van der Waals surface area contributed by atoms with Crippen LogP contribution in [0.5, 0.6) is 0 Å². The third kappa shape index (κ3) is 2.31. The Balaban J connectivity index is 1.75. The van der Waals surface area contributed by atoms with Crippen LogP contribution in [0.15, 0.2) is 36.9 Å². The van der Waals surface area contributed by atoms with Gasteiger partial charge in [-0.25, -0.2) is 4.98 Å². The molecule has 98 valence electrons. The molecule has 5 nitrogen and oxygen atoms in total. The SMILES string of the molecule is CC(C)n1cc(NCc2c[nH]c3ncccc23)cn1. The predicted molar refractivity (Wildman–Crippen MR) is 76.0 cm³/mol. The molecule has 0 amide bonds. The lowest BCUT2D eigenvalue weighted by Crippen LogP contribution is -2.00. The largest absolute Gasteiger partial charge is 0.378 e. The second-order valence-corrected chi connectivity index (χ2v) is 4.87. The number of nitrogens with one attached hydrogen (secondary N) is 2. The average molecular weight is 255 g/mol. The summed E-state index contributed by atoms with van der Waals surface area (Å²) in [6.07, 6.45) is 7.67. The van der Waals surface area contributed by atoms with Gasteiger partial charge < -0.3 is 10.3 Å². The topological polar surface area (TPSA) is 58.5 Å². The maximum Gasteiger partial charge on any atom is 0.137 e. The Bertz CT molecular complexity index is 680. The molecule has 0 aliphatic heterocycles. The van der Waals surface area contributed by atoms with Crippen LogP contribution in [0, 0.1) is 0 Å². The molecule has 3 rings (SSSR count). The van der Waals surface area contributed by atoms with Crippen molar-refractivity contribution in [1.82, 2.24) is 19.7 Å². The molecule has 3 heterocycles. The van der Waals surface area contributed by atoms with Crippen molar-refractivity contribution in [2.24, 2.45) is 0 Å². The first-order chi connectivity index (χ1) is 9.24. The van der Waals surface area contributed by atoms with E-state index in [1.807, 2.05) is 29.3 Å². The van der Waals surface area contributed by atoms with Gasteiger partial charge in [-0.3, -0.25) is 4.68 Å². The van der Waals surface area contributed by atoms with E-state index < -0.39 is 0 Å². The minimum Gasteiger partial charge on any atom is -0.378 e. The van der Waals surface area contributed by atoms with E-state index in [9.17, 15) is 0 Å². The molecule has 0 saturated heterocycles. The second kappa shape index (κ2) is 4.76. The Morgan fingerprint density at radius 3 is 3.11 bits per heavy atom. The van der Waals surface area contributed by atoms with Gasteiger partial charge in [0.2, 0.25) is 0 Å². The fraction of sp³-hybridized carbons (Fsp3) is 0.286. The molecule has 2 N–H and O–H groups in total. The summed E-state index contributed by atoms with van der Waals surface area (Å²) < 4.78 is 1.94. The molecule has 0 aromatic carbocycles. The van der Waals surface area contributed by atoms with Crippen molar-refractivity contribution >= 4 is 16.7 Å². The predicted octanol–water partition coefficient (Wildman–Crippen LogP) is 2.95. The van der Waals surface area contributed by atoms with Crippen LogP contribution in [0.3, 0.4) is 0 Å². The van der Waals surface area contributed by atoms with E-state index in [1.165, 1.54) is 5.56 Å². The zero-order chi connectivity index (χ0) is 13.2. The fourth-order valence-corrected chi connectivity index (χ4v) is 2.07. The van der Waals surface area contributed by atoms with Crippen LogP contribution in [0.25, 0.3) is 11.0 Å². The summed E-state index contributed by atoms with van der Waals surface area (Å²) in [6.45, 7) is 4.99. The highest BCUT2D eigenvalue weighted by Gasteiger charge is 2.05. The van der Waals surface area contributed by atoms with Gasteiger partial charge in [0.25, 0.3) is 0 Å². The lowest BCUT2D eigenvalue weighted by atomic mass is 10.2. The van der Waals surface area contributed by atoms with Crippen LogP contribution in [0.2, 0.25) is 0 Å². The van der Waals surface area contributed by atoms with E-state index in [0.29, 0.717) is 6.04 Å². The average Bonchev–Trinajstić information content (AvgIpc) is 3.03. The van der Waals surface area contributed by atoms with Crippen molar-refractivity contribution in [3.05, 3.63) is 42.5 Å². The quantitative estimate of drug-likeness (QED) is 0.753. The van der Waals surface area contributed by atoms with E-state index in [-0.39, 0.29) is 0 Å². The molecule has 0 unspecified atom stereocenters. The van der Waals surface area contributed by atoms with Crippen LogP contribution in [0.1, 0.15) is 25.5 Å². The fourth-order valence-electron chi connectivity index (χ4n) is 2.07. The zero-order valence-electron chi connectivity index (χ0n) is 11.1. The number of hydrogen-bond acceptors (Lipinski definition) is 3. The molecule has 19 heavy (non-hydrogen) atoms. The van der Waals surface area contributed by atoms with Crippen LogP contribution < -0.4 is 5.32 Å². The molecule has 0 radical (unpaired) electrons. The molecule has 3 aromatic rings. The van der Waals surface area contributed by atoms with Gasteiger partial charge in [-0.05, 0) is 31.5 Å². The van der Waals surface area contributed by atoms with E-state index >= 15 is 0 Å². The van der Waals surface area contributed by atoms with Crippen molar-refractivity contribution in [2.75, 3.05) is 5.32 Å². The first-order valence-electron chi connectivity index (χ1n) is 6.43. The Hall–Kier alpha value is -2.30. The number of pyridine rings is 1. The highest BCUT2D eigenvalue weighted by atomic mass is 15.3. The van der Waals surface area contributed by atoms with Gasteiger partial charge in [0, 0.05) is 36.6 Å². The zero-order valence-corrected chi connectivity index (χ0v) is 11.1. The van der Waals surface area contributed by atoms with Crippen molar-refractivity contribution < 1.29 is 0 Å². The lowest BCUT2D eigenvalue weighted by Gasteiger charge is -2.04. The summed E-state index contributed by atoms with van der Waals surface area (Å²) in [5.41, 5.74) is 3.17. The second-order valence-electron chi connectivity index (χ2n) is 4.87. The number of aromatic amines is 1. The third-order valence-electron chi connectivity index (χ3n) is 3.15. The molecule has 0 fully saturated rings. The smallest absolute Gasteiger partial charge is 0.137 e. The number of fused-ring (bicyclic) bond motifs is 1. The minimum absolute atomic E-state index is 0.382. The van der Waals surface area contributed by atoms with E-state index in [2.05, 4.69) is 40.3 Å². The van der Waals surface area contributed by atoms with E-state index in [0.717, 1.165) is 23.3 Å². The lowest BCUT2D eigenvalue weighted by molar-refractivity contribution is 0.532. The van der Waals surface area contributed by atoms with Gasteiger partial charge in [0.15, 0.2) is 0 Å². The van der Waals surface area contributed by atoms with Crippen LogP contribution in [-0.4, -0.2) is 19.7 Å². The Kier molecular flexibility index (Phi) is 2.95. The molecule has 0 bridgehead atoms. The van der Waals surface area contributed by atoms with Gasteiger partial charge in [-0.15, -0.1) is 0 Å². The van der Waals surface area contributed by atoms with Crippen LogP contribution >= 0.6 is 0 Å². The summed E-state index contributed by atoms with van der Waals surface area (Å²) in [6, 6.07) is 4.41. The molecule has 0 saturated carbocycles. The summed E-state index contributed by atoms with van der Waals surface area (Å²) >= 11 is 0. The number of aromatic nitrogens is 4. The van der Waals surface area contributed by atoms with Crippen molar-refractivity contribution in [1.29, 1.82) is 0 Å². The van der Waals surface area contributed by atoms with Gasteiger partial charge in [0.1, 0.15) is 5.65 Å². The van der Waals surface area contributed by atoms with Crippen LogP contribution in [0.4, 0.5) is 5.69 Å². The van der Waals surface area contributed by atoms with E-state index in [1.54, 1.807) is 6.20 Å². The van der Waals surface area contributed by atoms with Crippen molar-refractivity contribution in [3.8, 4) is 0 Å². The summed E-state index contributed by atoms with van der Waals surface area (Å²) in [4.78, 5) is 7.46. The molecule has 0 aliphatic rings. The summed E-state index contributed by atoms with van der Waals surface area (Å²) in [5, 5.41) is 8.85. The van der Waals surface area contributed by atoms with E-state index in [4.69, 9.17) is 0 Å². The summed E-state index contributed by atoms with van der Waals surface area (Å²) in [5.74, 6) is 0. The first-order valence-corrected chi connectivity index (χ1v) is 6.43. The molecular weight excluding hydrogens is 238 g/mol. The van der Waals surface area contributed by atoms with Crippen LogP contribution in [-0.2, 0) is 6.54 Å². The highest BCUT2D eigenvalue weighted by molar-refractivity contribution is 5.79. The Labute approximate surface area is 111 Å². The normalized spacial score (nSPS) is 11.3. The molecular formula is C14H17N5. The maximum absolute atomic E-state index is 4.31. The molecule has 0 aliphatic carbocycles. The van der Waals surface area contributed by atoms with Gasteiger partial charge in [-0.2, -0.15) is 5.10 Å².